The van der Waals surface area contributed by atoms with E-state index in [1.807, 2.05) is 23.6 Å². The van der Waals surface area contributed by atoms with Gasteiger partial charge in [0.1, 0.15) is 0 Å². The number of rotatable bonds is 4. The van der Waals surface area contributed by atoms with Gasteiger partial charge in [0.2, 0.25) is 12.7 Å². The summed E-state index contributed by atoms with van der Waals surface area (Å²) in [4.78, 5) is 12.5. The van der Waals surface area contributed by atoms with Gasteiger partial charge in [-0.25, -0.2) is 0 Å². The van der Waals surface area contributed by atoms with E-state index in [0.717, 1.165) is 11.3 Å². The van der Waals surface area contributed by atoms with Crippen LogP contribution in [0.3, 0.4) is 0 Å². The Balaban J connectivity index is 1.45. The lowest BCUT2D eigenvalue weighted by Crippen LogP contribution is -2.10. The van der Waals surface area contributed by atoms with Crippen LogP contribution in [0.5, 0.6) is 11.5 Å². The minimum atomic E-state index is -0.265. The zero-order chi connectivity index (χ0) is 15.6. The van der Waals surface area contributed by atoms with Crippen molar-refractivity contribution in [3.63, 3.8) is 0 Å². The number of hydrogen-bond donors (Lipinski definition) is 1. The molecule has 1 amide bonds. The van der Waals surface area contributed by atoms with Gasteiger partial charge in [0, 0.05) is 0 Å². The summed E-state index contributed by atoms with van der Waals surface area (Å²) in [6.07, 6.45) is 0.443. The molecule has 1 N–H and O–H groups in total. The molecule has 0 saturated carbocycles. The van der Waals surface area contributed by atoms with Gasteiger partial charge in [-0.15, -0.1) is 16.4 Å². The first-order valence-corrected chi connectivity index (χ1v) is 7.72. The van der Waals surface area contributed by atoms with Crippen LogP contribution in [-0.4, -0.2) is 22.9 Å². The van der Waals surface area contributed by atoms with Crippen molar-refractivity contribution in [2.24, 2.45) is 0 Å². The lowest BCUT2D eigenvalue weighted by atomic mass is 10.1. The molecule has 0 radical (unpaired) electrons. The third-order valence-electron chi connectivity index (χ3n) is 3.22. The van der Waals surface area contributed by atoms with Crippen LogP contribution in [-0.2, 0) is 6.42 Å². The second-order valence-corrected chi connectivity index (χ2v) is 5.74. The zero-order valence-corrected chi connectivity index (χ0v) is 12.6. The second kappa shape index (κ2) is 5.73. The van der Waals surface area contributed by atoms with E-state index in [1.54, 1.807) is 12.1 Å². The fourth-order valence-electron chi connectivity index (χ4n) is 2.17. The van der Waals surface area contributed by atoms with E-state index in [1.165, 1.54) is 11.3 Å². The number of carbonyl (C=O) groups excluding carboxylic acids is 1. The SMILES string of the molecule is O=C(Nc1nnc(Cc2ccc3c(c2)OCO3)o1)c1cccs1. The van der Waals surface area contributed by atoms with Crippen LogP contribution in [0.25, 0.3) is 0 Å². The third-order valence-corrected chi connectivity index (χ3v) is 4.09. The predicted octanol–water partition coefficient (Wildman–Crippen LogP) is 2.70. The first kappa shape index (κ1) is 13.8. The Hall–Kier alpha value is -2.87. The lowest BCUT2D eigenvalue weighted by molar-refractivity contribution is 0.102. The molecule has 23 heavy (non-hydrogen) atoms. The lowest BCUT2D eigenvalue weighted by Gasteiger charge is -2.00. The smallest absolute Gasteiger partial charge is 0.322 e. The average Bonchev–Trinajstić information content (AvgIpc) is 3.28. The highest BCUT2D eigenvalue weighted by atomic mass is 32.1. The number of hydrogen-bond acceptors (Lipinski definition) is 7. The Morgan fingerprint density at radius 2 is 2.13 bits per heavy atom. The summed E-state index contributed by atoms with van der Waals surface area (Å²) in [7, 11) is 0. The van der Waals surface area contributed by atoms with Crippen LogP contribution >= 0.6 is 11.3 Å². The van der Waals surface area contributed by atoms with Crippen molar-refractivity contribution in [1.82, 2.24) is 10.2 Å². The van der Waals surface area contributed by atoms with Gasteiger partial charge in [-0.3, -0.25) is 10.1 Å². The highest BCUT2D eigenvalue weighted by Crippen LogP contribution is 2.33. The van der Waals surface area contributed by atoms with Gasteiger partial charge < -0.3 is 13.9 Å². The summed E-state index contributed by atoms with van der Waals surface area (Å²) < 4.78 is 16.1. The molecule has 3 heterocycles. The van der Waals surface area contributed by atoms with E-state index >= 15 is 0 Å². The summed E-state index contributed by atoms with van der Waals surface area (Å²) in [5.41, 5.74) is 0.953. The van der Waals surface area contributed by atoms with Crippen LogP contribution in [0.2, 0.25) is 0 Å². The van der Waals surface area contributed by atoms with Crippen LogP contribution < -0.4 is 14.8 Å². The predicted molar refractivity (Wildman–Crippen MR) is 81.9 cm³/mol. The van der Waals surface area contributed by atoms with E-state index in [4.69, 9.17) is 13.9 Å². The molecule has 0 fully saturated rings. The second-order valence-electron chi connectivity index (χ2n) is 4.80. The summed E-state index contributed by atoms with van der Waals surface area (Å²) in [6, 6.07) is 9.23. The Kier molecular flexibility index (Phi) is 3.43. The first-order chi connectivity index (χ1) is 11.3. The van der Waals surface area contributed by atoms with Gasteiger partial charge in [0.25, 0.3) is 5.91 Å². The van der Waals surface area contributed by atoms with Crippen molar-refractivity contribution >= 4 is 23.3 Å². The number of anilines is 1. The highest BCUT2D eigenvalue weighted by Gasteiger charge is 2.16. The molecule has 4 rings (SSSR count). The molecule has 0 bridgehead atoms. The number of thiophene rings is 1. The molecule has 1 aliphatic rings. The van der Waals surface area contributed by atoms with Crippen molar-refractivity contribution in [1.29, 1.82) is 0 Å². The molecular weight excluding hydrogens is 318 g/mol. The summed E-state index contributed by atoms with van der Waals surface area (Å²) >= 11 is 1.34. The largest absolute Gasteiger partial charge is 0.454 e. The van der Waals surface area contributed by atoms with Gasteiger partial charge in [-0.1, -0.05) is 17.2 Å². The van der Waals surface area contributed by atoms with Gasteiger partial charge in [0.05, 0.1) is 11.3 Å². The quantitative estimate of drug-likeness (QED) is 0.792. The van der Waals surface area contributed by atoms with Gasteiger partial charge in [-0.05, 0) is 29.1 Å². The molecule has 1 aromatic carbocycles. The number of aromatic nitrogens is 2. The zero-order valence-electron chi connectivity index (χ0n) is 11.8. The monoisotopic (exact) mass is 329 g/mol. The summed E-state index contributed by atoms with van der Waals surface area (Å²) in [5.74, 6) is 1.57. The van der Waals surface area contributed by atoms with Crippen LogP contribution in [0.15, 0.2) is 40.1 Å². The molecule has 0 unspecified atom stereocenters. The van der Waals surface area contributed by atoms with E-state index in [9.17, 15) is 4.79 Å². The highest BCUT2D eigenvalue weighted by molar-refractivity contribution is 7.12. The van der Waals surface area contributed by atoms with E-state index in [0.29, 0.717) is 22.9 Å². The number of carbonyl (C=O) groups is 1. The van der Waals surface area contributed by atoms with E-state index in [-0.39, 0.29) is 18.7 Å². The number of fused-ring (bicyclic) bond motifs is 1. The van der Waals surface area contributed by atoms with Gasteiger partial charge >= 0.3 is 6.01 Å². The van der Waals surface area contributed by atoms with Crippen LogP contribution in [0, 0.1) is 0 Å². The number of nitrogens with zero attached hydrogens (tertiary/aromatic N) is 2. The van der Waals surface area contributed by atoms with Crippen molar-refractivity contribution in [2.45, 2.75) is 6.42 Å². The number of nitrogens with one attached hydrogen (secondary N) is 1. The molecule has 0 spiro atoms. The molecule has 116 valence electrons. The summed E-state index contributed by atoms with van der Waals surface area (Å²) in [6.45, 7) is 0.234. The van der Waals surface area contributed by atoms with Crippen molar-refractivity contribution in [2.75, 3.05) is 12.1 Å². The third kappa shape index (κ3) is 2.88. The van der Waals surface area contributed by atoms with Crippen LogP contribution in [0.4, 0.5) is 6.01 Å². The number of ether oxygens (including phenoxy) is 2. The molecular formula is C15H11N3O4S. The molecule has 8 heteroatoms. The van der Waals surface area contributed by atoms with Gasteiger partial charge in [-0.2, -0.15) is 0 Å². The fraction of sp³-hybridized carbons (Fsp3) is 0.133. The normalized spacial score (nSPS) is 12.3. The molecule has 0 atom stereocenters. The Morgan fingerprint density at radius 3 is 3.00 bits per heavy atom. The van der Waals surface area contributed by atoms with Crippen LogP contribution in [0.1, 0.15) is 21.1 Å². The van der Waals surface area contributed by atoms with Crippen molar-refractivity contribution in [3.8, 4) is 11.5 Å². The van der Waals surface area contributed by atoms with E-state index < -0.39 is 0 Å². The van der Waals surface area contributed by atoms with Crippen molar-refractivity contribution < 1.29 is 18.7 Å². The maximum Gasteiger partial charge on any atom is 0.322 e. The fourth-order valence-corrected chi connectivity index (χ4v) is 2.79. The molecule has 3 aromatic rings. The Labute approximate surface area is 134 Å². The minimum absolute atomic E-state index is 0.0825. The molecule has 2 aromatic heterocycles. The number of benzene rings is 1. The van der Waals surface area contributed by atoms with Crippen molar-refractivity contribution in [3.05, 3.63) is 52.0 Å². The topological polar surface area (TPSA) is 86.5 Å². The standard InChI is InChI=1S/C15H11N3O4S/c19-14(12-2-1-5-23-12)16-15-18-17-13(22-15)7-9-3-4-10-11(6-9)21-8-20-10/h1-6H,7-8H2,(H,16,18,19). The first-order valence-electron chi connectivity index (χ1n) is 6.84. The van der Waals surface area contributed by atoms with Gasteiger partial charge in [0.15, 0.2) is 11.5 Å². The molecule has 0 aliphatic carbocycles. The minimum Gasteiger partial charge on any atom is -0.454 e. The average molecular weight is 329 g/mol. The molecule has 1 aliphatic heterocycles. The number of amides is 1. The molecule has 7 nitrogen and oxygen atoms in total. The Morgan fingerprint density at radius 1 is 1.22 bits per heavy atom. The maximum absolute atomic E-state index is 11.9. The molecule has 0 saturated heterocycles. The maximum atomic E-state index is 11.9. The summed E-state index contributed by atoms with van der Waals surface area (Å²) in [5, 5.41) is 12.2. The van der Waals surface area contributed by atoms with E-state index in [2.05, 4.69) is 15.5 Å². The Bertz CT molecular complexity index is 844.